The lowest BCUT2D eigenvalue weighted by atomic mass is 10.0. The standard InChI is InChI=1S/C14H16ClN3S/c1-9-10-5-7-19-13(10)4-6-18(9)8-12-11(15)2-3-14(16)17-12/h2-3,5,7,9H,4,6,8H2,1H3,(H2,16,17). The Morgan fingerprint density at radius 1 is 1.47 bits per heavy atom. The van der Waals surface area contributed by atoms with Crippen molar-refractivity contribution in [2.45, 2.75) is 25.9 Å². The van der Waals surface area contributed by atoms with Crippen LogP contribution in [0.1, 0.15) is 29.1 Å². The highest BCUT2D eigenvalue weighted by Gasteiger charge is 2.25. The number of hydrogen-bond acceptors (Lipinski definition) is 4. The number of hydrogen-bond donors (Lipinski definition) is 1. The Morgan fingerprint density at radius 2 is 2.32 bits per heavy atom. The molecule has 2 aromatic rings. The summed E-state index contributed by atoms with van der Waals surface area (Å²) in [6.07, 6.45) is 1.11. The number of rotatable bonds is 2. The number of fused-ring (bicyclic) bond motifs is 1. The van der Waals surface area contributed by atoms with Gasteiger partial charge in [0.2, 0.25) is 0 Å². The van der Waals surface area contributed by atoms with E-state index in [1.54, 1.807) is 6.07 Å². The average molecular weight is 294 g/mol. The van der Waals surface area contributed by atoms with E-state index >= 15 is 0 Å². The molecule has 1 aliphatic rings. The Hall–Kier alpha value is -1.10. The molecule has 3 heterocycles. The van der Waals surface area contributed by atoms with Crippen molar-refractivity contribution < 1.29 is 0 Å². The van der Waals surface area contributed by atoms with E-state index in [4.69, 9.17) is 17.3 Å². The van der Waals surface area contributed by atoms with Crippen LogP contribution < -0.4 is 5.73 Å². The van der Waals surface area contributed by atoms with Crippen LogP contribution in [0.25, 0.3) is 0 Å². The molecule has 0 aromatic carbocycles. The lowest BCUT2D eigenvalue weighted by Crippen LogP contribution is -2.33. The fraction of sp³-hybridized carbons (Fsp3) is 0.357. The topological polar surface area (TPSA) is 42.2 Å². The molecule has 0 aliphatic carbocycles. The predicted octanol–water partition coefficient (Wildman–Crippen LogP) is 3.50. The largest absolute Gasteiger partial charge is 0.384 e. The molecule has 0 radical (unpaired) electrons. The van der Waals surface area contributed by atoms with Crippen molar-refractivity contribution in [1.29, 1.82) is 0 Å². The number of anilines is 1. The van der Waals surface area contributed by atoms with Crippen LogP contribution >= 0.6 is 22.9 Å². The third-order valence-corrected chi connectivity index (χ3v) is 5.04. The van der Waals surface area contributed by atoms with E-state index < -0.39 is 0 Å². The second kappa shape index (κ2) is 5.12. The van der Waals surface area contributed by atoms with Crippen molar-refractivity contribution in [2.75, 3.05) is 12.3 Å². The van der Waals surface area contributed by atoms with E-state index in [1.807, 2.05) is 17.4 Å². The molecule has 3 rings (SSSR count). The van der Waals surface area contributed by atoms with Gasteiger partial charge in [0.15, 0.2) is 0 Å². The molecule has 5 heteroatoms. The molecule has 0 bridgehead atoms. The molecule has 0 fully saturated rings. The Balaban J connectivity index is 1.83. The molecule has 0 spiro atoms. The molecule has 100 valence electrons. The normalized spacial score (nSPS) is 19.4. The number of aromatic nitrogens is 1. The molecular formula is C14H16ClN3S. The maximum Gasteiger partial charge on any atom is 0.123 e. The van der Waals surface area contributed by atoms with Crippen molar-refractivity contribution in [2.24, 2.45) is 0 Å². The Labute approximate surface area is 122 Å². The monoisotopic (exact) mass is 293 g/mol. The van der Waals surface area contributed by atoms with Gasteiger partial charge in [-0.25, -0.2) is 4.98 Å². The summed E-state index contributed by atoms with van der Waals surface area (Å²) in [5, 5.41) is 2.87. The summed E-state index contributed by atoms with van der Waals surface area (Å²) < 4.78 is 0. The van der Waals surface area contributed by atoms with Crippen molar-refractivity contribution in [1.82, 2.24) is 9.88 Å². The van der Waals surface area contributed by atoms with Gasteiger partial charge in [-0.15, -0.1) is 11.3 Å². The number of nitrogens with zero attached hydrogens (tertiary/aromatic N) is 2. The quantitative estimate of drug-likeness (QED) is 0.921. The molecular weight excluding hydrogens is 278 g/mol. The first kappa shape index (κ1) is 12.9. The van der Waals surface area contributed by atoms with Gasteiger partial charge in [0, 0.05) is 24.0 Å². The van der Waals surface area contributed by atoms with Crippen LogP contribution in [0.15, 0.2) is 23.6 Å². The van der Waals surface area contributed by atoms with E-state index in [0.717, 1.165) is 25.2 Å². The molecule has 19 heavy (non-hydrogen) atoms. The first-order valence-corrected chi connectivity index (χ1v) is 7.62. The lowest BCUT2D eigenvalue weighted by Gasteiger charge is -2.33. The third kappa shape index (κ3) is 2.48. The lowest BCUT2D eigenvalue weighted by molar-refractivity contribution is 0.189. The van der Waals surface area contributed by atoms with E-state index in [0.29, 0.717) is 16.9 Å². The van der Waals surface area contributed by atoms with E-state index in [1.165, 1.54) is 10.4 Å². The highest BCUT2D eigenvalue weighted by molar-refractivity contribution is 7.10. The maximum atomic E-state index is 6.20. The fourth-order valence-electron chi connectivity index (χ4n) is 2.58. The summed E-state index contributed by atoms with van der Waals surface area (Å²) >= 11 is 8.05. The van der Waals surface area contributed by atoms with Crippen LogP contribution in [0.3, 0.4) is 0 Å². The Morgan fingerprint density at radius 3 is 3.16 bits per heavy atom. The van der Waals surface area contributed by atoms with Crippen LogP contribution in [-0.4, -0.2) is 16.4 Å². The first-order chi connectivity index (χ1) is 9.15. The number of halogens is 1. The van der Waals surface area contributed by atoms with Crippen molar-refractivity contribution >= 4 is 28.8 Å². The highest BCUT2D eigenvalue weighted by atomic mass is 35.5. The molecule has 2 N–H and O–H groups in total. The SMILES string of the molecule is CC1c2ccsc2CCN1Cc1nc(N)ccc1Cl. The minimum atomic E-state index is 0.411. The maximum absolute atomic E-state index is 6.20. The predicted molar refractivity (Wildman–Crippen MR) is 80.5 cm³/mol. The molecule has 0 saturated carbocycles. The zero-order valence-corrected chi connectivity index (χ0v) is 12.3. The van der Waals surface area contributed by atoms with Gasteiger partial charge in [0.1, 0.15) is 5.82 Å². The van der Waals surface area contributed by atoms with Crippen molar-refractivity contribution in [3.05, 3.63) is 44.7 Å². The summed E-state index contributed by atoms with van der Waals surface area (Å²) in [5.41, 5.74) is 8.05. The Kier molecular flexibility index (Phi) is 3.48. The molecule has 2 aromatic heterocycles. The molecule has 0 amide bonds. The number of pyridine rings is 1. The van der Waals surface area contributed by atoms with Gasteiger partial charge in [0.05, 0.1) is 10.7 Å². The van der Waals surface area contributed by atoms with Crippen LogP contribution in [0.2, 0.25) is 5.02 Å². The second-order valence-corrected chi connectivity index (χ2v) is 6.27. The average Bonchev–Trinajstić information content (AvgIpc) is 2.86. The molecule has 1 unspecified atom stereocenters. The van der Waals surface area contributed by atoms with Gasteiger partial charge in [0.25, 0.3) is 0 Å². The number of nitrogens with two attached hydrogens (primary N) is 1. The zero-order valence-electron chi connectivity index (χ0n) is 10.8. The van der Waals surface area contributed by atoms with Crippen molar-refractivity contribution in [3.8, 4) is 0 Å². The Bertz CT molecular complexity index is 596. The van der Waals surface area contributed by atoms with E-state index in [9.17, 15) is 0 Å². The smallest absolute Gasteiger partial charge is 0.123 e. The molecule has 1 atom stereocenters. The molecule has 1 aliphatic heterocycles. The minimum Gasteiger partial charge on any atom is -0.384 e. The summed E-state index contributed by atoms with van der Waals surface area (Å²) in [7, 11) is 0. The summed E-state index contributed by atoms with van der Waals surface area (Å²) in [4.78, 5) is 8.27. The zero-order chi connectivity index (χ0) is 13.4. The molecule has 0 saturated heterocycles. The van der Waals surface area contributed by atoms with Crippen LogP contribution in [0.5, 0.6) is 0 Å². The van der Waals surface area contributed by atoms with Gasteiger partial charge >= 0.3 is 0 Å². The van der Waals surface area contributed by atoms with Gasteiger partial charge in [-0.2, -0.15) is 0 Å². The first-order valence-electron chi connectivity index (χ1n) is 6.36. The van der Waals surface area contributed by atoms with Gasteiger partial charge in [-0.1, -0.05) is 11.6 Å². The summed E-state index contributed by atoms with van der Waals surface area (Å²) in [6.45, 7) is 4.03. The highest BCUT2D eigenvalue weighted by Crippen LogP contribution is 2.34. The third-order valence-electron chi connectivity index (χ3n) is 3.70. The second-order valence-electron chi connectivity index (χ2n) is 4.86. The number of nitrogen functional groups attached to an aromatic ring is 1. The fourth-order valence-corrected chi connectivity index (χ4v) is 3.71. The minimum absolute atomic E-state index is 0.411. The van der Waals surface area contributed by atoms with Gasteiger partial charge in [-0.05, 0) is 42.5 Å². The summed E-state index contributed by atoms with van der Waals surface area (Å²) in [5.74, 6) is 0.528. The van der Waals surface area contributed by atoms with Crippen LogP contribution in [0.4, 0.5) is 5.82 Å². The summed E-state index contributed by atoms with van der Waals surface area (Å²) in [6, 6.07) is 6.20. The van der Waals surface area contributed by atoms with Crippen LogP contribution in [0, 0.1) is 0 Å². The molecule has 3 nitrogen and oxygen atoms in total. The van der Waals surface area contributed by atoms with Gasteiger partial charge in [-0.3, -0.25) is 4.90 Å². The van der Waals surface area contributed by atoms with Crippen molar-refractivity contribution in [3.63, 3.8) is 0 Å². The number of thiophene rings is 1. The van der Waals surface area contributed by atoms with E-state index in [-0.39, 0.29) is 0 Å². The van der Waals surface area contributed by atoms with Crippen LogP contribution in [-0.2, 0) is 13.0 Å². The van der Waals surface area contributed by atoms with E-state index in [2.05, 4.69) is 28.3 Å². The van der Waals surface area contributed by atoms with Gasteiger partial charge < -0.3 is 5.73 Å².